The first kappa shape index (κ1) is 15.0. The van der Waals surface area contributed by atoms with Crippen molar-refractivity contribution in [3.05, 3.63) is 51.5 Å². The van der Waals surface area contributed by atoms with Crippen molar-refractivity contribution in [1.29, 1.82) is 0 Å². The highest BCUT2D eigenvalue weighted by atomic mass is 35.5. The van der Waals surface area contributed by atoms with Crippen LogP contribution in [0.1, 0.15) is 30.9 Å². The van der Waals surface area contributed by atoms with Gasteiger partial charge in [-0.2, -0.15) is 0 Å². The predicted octanol–water partition coefficient (Wildman–Crippen LogP) is 5.80. The van der Waals surface area contributed by atoms with Crippen LogP contribution in [0, 0.1) is 6.92 Å². The average Bonchev–Trinajstić information content (AvgIpc) is 2.35. The monoisotopic (exact) mass is 309 g/mol. The van der Waals surface area contributed by atoms with Gasteiger partial charge in [0.15, 0.2) is 5.75 Å². The molecular weight excluding hydrogens is 293 g/mol. The van der Waals surface area contributed by atoms with Gasteiger partial charge in [0.05, 0.1) is 10.7 Å². The molecule has 4 heteroatoms. The maximum absolute atomic E-state index is 6.26. The highest BCUT2D eigenvalue weighted by molar-refractivity contribution is 6.32. The fourth-order valence-electron chi connectivity index (χ4n) is 1.96. The smallest absolute Gasteiger partial charge is 0.168 e. The Labute approximate surface area is 129 Å². The van der Waals surface area contributed by atoms with E-state index in [2.05, 4.69) is 13.8 Å². The van der Waals surface area contributed by atoms with Crippen LogP contribution in [-0.2, 0) is 0 Å². The predicted molar refractivity (Wildman–Crippen MR) is 86.2 cm³/mol. The van der Waals surface area contributed by atoms with Crippen molar-refractivity contribution in [3.8, 4) is 11.5 Å². The number of hydrogen-bond donors (Lipinski definition) is 1. The van der Waals surface area contributed by atoms with Crippen LogP contribution in [0.2, 0.25) is 10.0 Å². The summed E-state index contributed by atoms with van der Waals surface area (Å²) in [5.41, 5.74) is 8.41. The lowest BCUT2D eigenvalue weighted by Gasteiger charge is -2.16. The van der Waals surface area contributed by atoms with E-state index in [9.17, 15) is 0 Å². The van der Waals surface area contributed by atoms with Crippen molar-refractivity contribution in [2.45, 2.75) is 26.7 Å². The quantitative estimate of drug-likeness (QED) is 0.727. The maximum atomic E-state index is 6.26. The second-order valence-corrected chi connectivity index (χ2v) is 5.87. The highest BCUT2D eigenvalue weighted by Crippen LogP contribution is 2.38. The van der Waals surface area contributed by atoms with Gasteiger partial charge < -0.3 is 10.5 Å². The minimum atomic E-state index is 0.314. The van der Waals surface area contributed by atoms with Crippen molar-refractivity contribution in [1.82, 2.24) is 0 Å². The third kappa shape index (κ3) is 3.02. The Hall–Kier alpha value is -1.38. The fraction of sp³-hybridized carbons (Fsp3) is 0.250. The molecule has 0 unspecified atom stereocenters. The molecule has 106 valence electrons. The first-order valence-electron chi connectivity index (χ1n) is 6.42. The Morgan fingerprint density at radius 3 is 2.40 bits per heavy atom. The third-order valence-electron chi connectivity index (χ3n) is 3.13. The lowest BCUT2D eigenvalue weighted by molar-refractivity contribution is 0.480. The highest BCUT2D eigenvalue weighted by Gasteiger charge is 2.13. The summed E-state index contributed by atoms with van der Waals surface area (Å²) in [4.78, 5) is 0. The molecule has 2 rings (SSSR count). The molecule has 0 aliphatic carbocycles. The summed E-state index contributed by atoms with van der Waals surface area (Å²) in [6, 6.07) is 9.15. The van der Waals surface area contributed by atoms with Gasteiger partial charge in [-0.25, -0.2) is 0 Å². The number of hydrogen-bond acceptors (Lipinski definition) is 2. The van der Waals surface area contributed by atoms with Crippen molar-refractivity contribution >= 4 is 28.9 Å². The van der Waals surface area contributed by atoms with E-state index in [-0.39, 0.29) is 0 Å². The molecule has 0 aliphatic rings. The molecule has 0 spiro atoms. The Bertz CT molecular complexity index is 618. The molecule has 0 radical (unpaired) electrons. The van der Waals surface area contributed by atoms with E-state index in [1.807, 2.05) is 19.1 Å². The van der Waals surface area contributed by atoms with Crippen LogP contribution in [0.5, 0.6) is 11.5 Å². The Morgan fingerprint density at radius 1 is 1.10 bits per heavy atom. The van der Waals surface area contributed by atoms with Gasteiger partial charge in [-0.05, 0) is 48.2 Å². The summed E-state index contributed by atoms with van der Waals surface area (Å²) >= 11 is 12.4. The number of rotatable bonds is 3. The van der Waals surface area contributed by atoms with E-state index >= 15 is 0 Å². The first-order chi connectivity index (χ1) is 9.40. The van der Waals surface area contributed by atoms with Crippen LogP contribution >= 0.6 is 23.2 Å². The number of halogens is 2. The maximum Gasteiger partial charge on any atom is 0.168 e. The topological polar surface area (TPSA) is 35.2 Å². The zero-order valence-corrected chi connectivity index (χ0v) is 13.2. The Morgan fingerprint density at radius 2 is 1.80 bits per heavy atom. The minimum Gasteiger partial charge on any atom is -0.453 e. The van der Waals surface area contributed by atoms with E-state index in [1.54, 1.807) is 18.2 Å². The molecule has 0 heterocycles. The van der Waals surface area contributed by atoms with E-state index in [1.165, 1.54) is 0 Å². The minimum absolute atomic E-state index is 0.314. The number of aryl methyl sites for hydroxylation is 1. The number of benzene rings is 2. The normalized spacial score (nSPS) is 10.9. The lowest BCUT2D eigenvalue weighted by Crippen LogP contribution is -1.97. The van der Waals surface area contributed by atoms with Crippen molar-refractivity contribution in [2.24, 2.45) is 0 Å². The molecule has 0 aliphatic heterocycles. The Balaban J connectivity index is 2.46. The molecule has 2 aromatic rings. The first-order valence-corrected chi connectivity index (χ1v) is 7.17. The molecular formula is C16H17Cl2NO. The molecule has 20 heavy (non-hydrogen) atoms. The van der Waals surface area contributed by atoms with E-state index < -0.39 is 0 Å². The molecule has 2 aromatic carbocycles. The second-order valence-electron chi connectivity index (χ2n) is 5.05. The van der Waals surface area contributed by atoms with Gasteiger partial charge >= 0.3 is 0 Å². The van der Waals surface area contributed by atoms with Crippen molar-refractivity contribution in [3.63, 3.8) is 0 Å². The van der Waals surface area contributed by atoms with Crippen LogP contribution in [0.15, 0.2) is 30.3 Å². The summed E-state index contributed by atoms with van der Waals surface area (Å²) in [6.45, 7) is 6.12. The SMILES string of the molecule is Cc1cc(Cl)c(C(C)C)cc1Oc1c(N)cccc1Cl. The number of para-hydroxylation sites is 1. The lowest BCUT2D eigenvalue weighted by atomic mass is 10.0. The van der Waals surface area contributed by atoms with Crippen LogP contribution < -0.4 is 10.5 Å². The third-order valence-corrected chi connectivity index (χ3v) is 3.75. The average molecular weight is 310 g/mol. The van der Waals surface area contributed by atoms with Gasteiger partial charge in [-0.15, -0.1) is 0 Å². The standard InChI is InChI=1S/C16H17Cl2NO/c1-9(2)11-8-15(10(3)7-13(11)18)20-16-12(17)5-4-6-14(16)19/h4-9H,19H2,1-3H3. The van der Waals surface area contributed by atoms with Crippen LogP contribution in [0.4, 0.5) is 5.69 Å². The summed E-state index contributed by atoms with van der Waals surface area (Å²) < 4.78 is 5.90. The summed E-state index contributed by atoms with van der Waals surface area (Å²) in [7, 11) is 0. The van der Waals surface area contributed by atoms with Gasteiger partial charge in [-0.3, -0.25) is 0 Å². The molecule has 0 saturated heterocycles. The second kappa shape index (κ2) is 5.94. The number of nitrogen functional groups attached to an aromatic ring is 1. The van der Waals surface area contributed by atoms with Crippen LogP contribution in [0.3, 0.4) is 0 Å². The molecule has 0 amide bonds. The van der Waals surface area contributed by atoms with Gasteiger partial charge in [0.2, 0.25) is 0 Å². The number of ether oxygens (including phenoxy) is 1. The summed E-state index contributed by atoms with van der Waals surface area (Å²) in [6.07, 6.45) is 0. The molecule has 0 fully saturated rings. The fourth-order valence-corrected chi connectivity index (χ4v) is 2.62. The Kier molecular flexibility index (Phi) is 4.46. The largest absolute Gasteiger partial charge is 0.453 e. The summed E-state index contributed by atoms with van der Waals surface area (Å²) in [5, 5.41) is 1.24. The van der Waals surface area contributed by atoms with Gasteiger partial charge in [0, 0.05) is 5.02 Å². The zero-order valence-electron chi connectivity index (χ0n) is 11.7. The summed E-state index contributed by atoms with van der Waals surface area (Å²) in [5.74, 6) is 1.52. The van der Waals surface area contributed by atoms with E-state index in [0.717, 1.165) is 21.9 Å². The van der Waals surface area contributed by atoms with Gasteiger partial charge in [-0.1, -0.05) is 43.1 Å². The van der Waals surface area contributed by atoms with Gasteiger partial charge in [0.1, 0.15) is 5.75 Å². The number of anilines is 1. The molecule has 0 saturated carbocycles. The number of nitrogens with two attached hydrogens (primary N) is 1. The molecule has 0 bridgehead atoms. The van der Waals surface area contributed by atoms with E-state index in [0.29, 0.717) is 22.4 Å². The van der Waals surface area contributed by atoms with E-state index in [4.69, 9.17) is 33.7 Å². The van der Waals surface area contributed by atoms with Crippen LogP contribution in [0.25, 0.3) is 0 Å². The van der Waals surface area contributed by atoms with Crippen molar-refractivity contribution < 1.29 is 4.74 Å². The molecule has 2 nitrogen and oxygen atoms in total. The van der Waals surface area contributed by atoms with Crippen LogP contribution in [-0.4, -0.2) is 0 Å². The zero-order chi connectivity index (χ0) is 14.9. The van der Waals surface area contributed by atoms with Crippen molar-refractivity contribution in [2.75, 3.05) is 5.73 Å². The molecule has 0 atom stereocenters. The van der Waals surface area contributed by atoms with Gasteiger partial charge in [0.25, 0.3) is 0 Å². The molecule has 0 aromatic heterocycles. The molecule has 2 N–H and O–H groups in total.